The summed E-state index contributed by atoms with van der Waals surface area (Å²) >= 11 is 0. The van der Waals surface area contributed by atoms with Crippen LogP contribution in [0.25, 0.3) is 0 Å². The van der Waals surface area contributed by atoms with E-state index < -0.39 is 0 Å². The predicted molar refractivity (Wildman–Crippen MR) is 86.3 cm³/mol. The van der Waals surface area contributed by atoms with Crippen molar-refractivity contribution in [3.63, 3.8) is 0 Å². The summed E-state index contributed by atoms with van der Waals surface area (Å²) in [6.45, 7) is 11.3. The van der Waals surface area contributed by atoms with E-state index in [1.165, 1.54) is 12.0 Å². The average molecular weight is 276 g/mol. The van der Waals surface area contributed by atoms with Crippen LogP contribution in [0.3, 0.4) is 0 Å². The van der Waals surface area contributed by atoms with Crippen LogP contribution in [0.1, 0.15) is 56.5 Å². The Morgan fingerprint density at radius 2 is 1.90 bits per heavy atom. The molecule has 112 valence electrons. The number of nitrogens with one attached hydrogen (secondary N) is 2. The van der Waals surface area contributed by atoms with Crippen LogP contribution < -0.4 is 10.6 Å². The fraction of sp³-hybridized carbons (Fsp3) is 0.588. The first-order valence-electron chi connectivity index (χ1n) is 7.59. The number of rotatable bonds is 7. The summed E-state index contributed by atoms with van der Waals surface area (Å²) in [7, 11) is 0. The highest BCUT2D eigenvalue weighted by Crippen LogP contribution is 2.19. The summed E-state index contributed by atoms with van der Waals surface area (Å²) in [6, 6.07) is 6.25. The molecule has 0 aliphatic rings. The van der Waals surface area contributed by atoms with Gasteiger partial charge in [0.2, 0.25) is 0 Å². The molecule has 0 saturated carbocycles. The van der Waals surface area contributed by atoms with E-state index in [2.05, 4.69) is 38.3 Å². The molecular weight excluding hydrogens is 248 g/mol. The van der Waals surface area contributed by atoms with E-state index in [0.29, 0.717) is 12.6 Å². The lowest BCUT2D eigenvalue weighted by atomic mass is 10.0. The zero-order chi connectivity index (χ0) is 15.1. The number of anilines is 1. The largest absolute Gasteiger partial charge is 0.382 e. The maximum Gasteiger partial charge on any atom is 0.251 e. The normalized spacial score (nSPS) is 12.3. The van der Waals surface area contributed by atoms with Crippen LogP contribution in [0.4, 0.5) is 5.69 Å². The van der Waals surface area contributed by atoms with Gasteiger partial charge in [0.05, 0.1) is 0 Å². The number of hydrogen-bond acceptors (Lipinski definition) is 2. The first kappa shape index (κ1) is 16.5. The van der Waals surface area contributed by atoms with Crippen molar-refractivity contribution in [2.24, 2.45) is 5.92 Å². The van der Waals surface area contributed by atoms with E-state index in [1.54, 1.807) is 0 Å². The molecule has 1 atom stereocenters. The third-order valence-electron chi connectivity index (χ3n) is 3.42. The number of amides is 1. The van der Waals surface area contributed by atoms with Gasteiger partial charge in [0.25, 0.3) is 5.91 Å². The maximum absolute atomic E-state index is 11.9. The highest BCUT2D eigenvalue weighted by Gasteiger charge is 2.09. The molecule has 0 bridgehead atoms. The van der Waals surface area contributed by atoms with Crippen molar-refractivity contribution in [2.45, 2.75) is 53.5 Å². The van der Waals surface area contributed by atoms with Gasteiger partial charge in [0, 0.05) is 23.8 Å². The SMILES string of the molecule is CCNC(=O)c1ccc(C)c(NC(C)CCC(C)C)c1. The fourth-order valence-electron chi connectivity index (χ4n) is 2.10. The van der Waals surface area contributed by atoms with Crippen molar-refractivity contribution in [1.82, 2.24) is 5.32 Å². The van der Waals surface area contributed by atoms with Crippen molar-refractivity contribution in [2.75, 3.05) is 11.9 Å². The molecule has 2 N–H and O–H groups in total. The standard InChI is InChI=1S/C17H28N2O/c1-6-18-17(20)15-10-8-13(4)16(11-15)19-14(5)9-7-12(2)3/h8,10-12,14,19H,6-7,9H2,1-5H3,(H,18,20). The first-order valence-corrected chi connectivity index (χ1v) is 7.59. The van der Waals surface area contributed by atoms with Crippen LogP contribution in [0.2, 0.25) is 0 Å². The zero-order valence-corrected chi connectivity index (χ0v) is 13.4. The molecule has 0 saturated heterocycles. The predicted octanol–water partition coefficient (Wildman–Crippen LogP) is 3.98. The van der Waals surface area contributed by atoms with Gasteiger partial charge in [-0.15, -0.1) is 0 Å². The molecule has 1 amide bonds. The summed E-state index contributed by atoms with van der Waals surface area (Å²) in [5.74, 6) is 0.715. The van der Waals surface area contributed by atoms with E-state index in [1.807, 2.05) is 25.1 Å². The van der Waals surface area contributed by atoms with Crippen molar-refractivity contribution >= 4 is 11.6 Å². The minimum absolute atomic E-state index is 0.00890. The van der Waals surface area contributed by atoms with Gasteiger partial charge in [0.15, 0.2) is 0 Å². The Bertz CT molecular complexity index is 441. The van der Waals surface area contributed by atoms with E-state index >= 15 is 0 Å². The Labute approximate surface area is 123 Å². The fourth-order valence-corrected chi connectivity index (χ4v) is 2.10. The second-order valence-corrected chi connectivity index (χ2v) is 5.91. The minimum Gasteiger partial charge on any atom is -0.382 e. The Hall–Kier alpha value is -1.51. The third-order valence-corrected chi connectivity index (χ3v) is 3.42. The summed E-state index contributed by atoms with van der Waals surface area (Å²) in [4.78, 5) is 11.9. The van der Waals surface area contributed by atoms with Gasteiger partial charge in [-0.1, -0.05) is 19.9 Å². The molecule has 20 heavy (non-hydrogen) atoms. The van der Waals surface area contributed by atoms with Crippen molar-refractivity contribution in [3.05, 3.63) is 29.3 Å². The molecule has 3 nitrogen and oxygen atoms in total. The second kappa shape index (κ2) is 7.93. The van der Waals surface area contributed by atoms with Gasteiger partial charge in [-0.2, -0.15) is 0 Å². The number of carbonyl (C=O) groups excluding carboxylic acids is 1. The molecule has 0 heterocycles. The Morgan fingerprint density at radius 3 is 2.50 bits per heavy atom. The lowest BCUT2D eigenvalue weighted by molar-refractivity contribution is 0.0956. The average Bonchev–Trinajstić information content (AvgIpc) is 2.39. The molecule has 0 spiro atoms. The highest BCUT2D eigenvalue weighted by molar-refractivity contribution is 5.95. The lowest BCUT2D eigenvalue weighted by Crippen LogP contribution is -2.23. The molecule has 1 unspecified atom stereocenters. The van der Waals surface area contributed by atoms with E-state index in [0.717, 1.165) is 23.6 Å². The number of aryl methyl sites for hydroxylation is 1. The Kier molecular flexibility index (Phi) is 6.56. The van der Waals surface area contributed by atoms with Crippen molar-refractivity contribution < 1.29 is 4.79 Å². The quantitative estimate of drug-likeness (QED) is 0.791. The van der Waals surface area contributed by atoms with E-state index in [4.69, 9.17) is 0 Å². The van der Waals surface area contributed by atoms with Crippen LogP contribution in [0.15, 0.2) is 18.2 Å². The van der Waals surface area contributed by atoms with Crippen LogP contribution in [0.5, 0.6) is 0 Å². The smallest absolute Gasteiger partial charge is 0.251 e. The van der Waals surface area contributed by atoms with Gasteiger partial charge in [-0.05, 0) is 57.2 Å². The van der Waals surface area contributed by atoms with Gasteiger partial charge in [0.1, 0.15) is 0 Å². The van der Waals surface area contributed by atoms with E-state index in [-0.39, 0.29) is 5.91 Å². The summed E-state index contributed by atoms with van der Waals surface area (Å²) < 4.78 is 0. The maximum atomic E-state index is 11.9. The molecule has 0 aliphatic carbocycles. The van der Waals surface area contributed by atoms with Crippen LogP contribution in [-0.4, -0.2) is 18.5 Å². The molecule has 0 aliphatic heterocycles. The topological polar surface area (TPSA) is 41.1 Å². The first-order chi connectivity index (χ1) is 9.43. The Balaban J connectivity index is 2.73. The van der Waals surface area contributed by atoms with E-state index in [9.17, 15) is 4.79 Å². The number of benzene rings is 1. The molecule has 0 aromatic heterocycles. The monoisotopic (exact) mass is 276 g/mol. The molecular formula is C17H28N2O. The lowest BCUT2D eigenvalue weighted by Gasteiger charge is -2.18. The molecule has 1 rings (SSSR count). The number of carbonyl (C=O) groups is 1. The van der Waals surface area contributed by atoms with Crippen molar-refractivity contribution in [1.29, 1.82) is 0 Å². The van der Waals surface area contributed by atoms with Crippen LogP contribution in [0, 0.1) is 12.8 Å². The van der Waals surface area contributed by atoms with Gasteiger partial charge >= 0.3 is 0 Å². The summed E-state index contributed by atoms with van der Waals surface area (Å²) in [5, 5.41) is 6.36. The molecule has 1 aromatic rings. The Morgan fingerprint density at radius 1 is 1.20 bits per heavy atom. The second-order valence-electron chi connectivity index (χ2n) is 5.91. The molecule has 3 heteroatoms. The molecule has 1 aromatic carbocycles. The zero-order valence-electron chi connectivity index (χ0n) is 13.4. The summed E-state index contributed by atoms with van der Waals surface area (Å²) in [5.41, 5.74) is 2.95. The third kappa shape index (κ3) is 5.24. The number of hydrogen-bond donors (Lipinski definition) is 2. The van der Waals surface area contributed by atoms with Crippen LogP contribution >= 0.6 is 0 Å². The van der Waals surface area contributed by atoms with Crippen molar-refractivity contribution in [3.8, 4) is 0 Å². The van der Waals surface area contributed by atoms with Crippen LogP contribution in [-0.2, 0) is 0 Å². The highest BCUT2D eigenvalue weighted by atomic mass is 16.1. The molecule has 0 fully saturated rings. The minimum atomic E-state index is -0.00890. The van der Waals surface area contributed by atoms with Gasteiger partial charge in [-0.25, -0.2) is 0 Å². The van der Waals surface area contributed by atoms with Gasteiger partial charge in [-0.3, -0.25) is 4.79 Å². The summed E-state index contributed by atoms with van der Waals surface area (Å²) in [6.07, 6.45) is 2.35. The van der Waals surface area contributed by atoms with Gasteiger partial charge < -0.3 is 10.6 Å². The molecule has 0 radical (unpaired) electrons.